The fourth-order valence-corrected chi connectivity index (χ4v) is 4.11. The number of hydrogen-bond donors (Lipinski definition) is 1. The van der Waals surface area contributed by atoms with E-state index < -0.39 is 17.8 Å². The van der Waals surface area contributed by atoms with Crippen molar-refractivity contribution in [3.63, 3.8) is 0 Å². The Bertz CT molecular complexity index is 1310. The number of carbonyl (C=O) groups is 3. The molecular formula is C23H16Cl3N3O3. The van der Waals surface area contributed by atoms with Crippen molar-refractivity contribution in [3.8, 4) is 5.69 Å². The van der Waals surface area contributed by atoms with Gasteiger partial charge in [-0.15, -0.1) is 0 Å². The van der Waals surface area contributed by atoms with Gasteiger partial charge in [-0.1, -0.05) is 40.9 Å². The molecule has 0 atom stereocenters. The number of urea groups is 1. The molecule has 0 unspecified atom stereocenters. The molecule has 32 heavy (non-hydrogen) atoms. The van der Waals surface area contributed by atoms with Crippen molar-refractivity contribution in [1.29, 1.82) is 0 Å². The van der Waals surface area contributed by atoms with E-state index in [1.165, 1.54) is 18.2 Å². The number of aromatic nitrogens is 1. The molecule has 4 amide bonds. The van der Waals surface area contributed by atoms with Crippen LogP contribution in [-0.4, -0.2) is 22.4 Å². The highest BCUT2D eigenvalue weighted by atomic mass is 35.5. The fraction of sp³-hybridized carbons (Fsp3) is 0.0870. The maximum absolute atomic E-state index is 13.1. The van der Waals surface area contributed by atoms with E-state index in [0.29, 0.717) is 32.0 Å². The number of rotatable bonds is 3. The number of aryl methyl sites for hydroxylation is 1. The van der Waals surface area contributed by atoms with E-state index in [1.54, 1.807) is 24.3 Å². The third kappa shape index (κ3) is 3.81. The normalized spacial score (nSPS) is 15.5. The first-order chi connectivity index (χ1) is 15.2. The molecule has 6 nitrogen and oxygen atoms in total. The van der Waals surface area contributed by atoms with Crippen molar-refractivity contribution in [2.24, 2.45) is 0 Å². The van der Waals surface area contributed by atoms with E-state index in [2.05, 4.69) is 5.32 Å². The summed E-state index contributed by atoms with van der Waals surface area (Å²) in [6.07, 6.45) is 1.46. The maximum Gasteiger partial charge on any atom is 0.335 e. The van der Waals surface area contributed by atoms with Gasteiger partial charge in [0.25, 0.3) is 11.8 Å². The summed E-state index contributed by atoms with van der Waals surface area (Å²) >= 11 is 18.5. The van der Waals surface area contributed by atoms with Crippen LogP contribution in [0.25, 0.3) is 11.8 Å². The molecule has 4 rings (SSSR count). The van der Waals surface area contributed by atoms with Crippen LogP contribution in [0.4, 0.5) is 10.5 Å². The molecule has 1 aliphatic rings. The van der Waals surface area contributed by atoms with E-state index >= 15 is 0 Å². The van der Waals surface area contributed by atoms with Gasteiger partial charge in [0, 0.05) is 16.4 Å². The number of barbiturate groups is 1. The Labute approximate surface area is 199 Å². The van der Waals surface area contributed by atoms with E-state index in [1.807, 2.05) is 30.5 Å². The summed E-state index contributed by atoms with van der Waals surface area (Å²) in [4.78, 5) is 38.9. The van der Waals surface area contributed by atoms with Crippen molar-refractivity contribution < 1.29 is 14.4 Å². The van der Waals surface area contributed by atoms with Crippen molar-refractivity contribution in [2.75, 3.05) is 4.90 Å². The molecule has 9 heteroatoms. The van der Waals surface area contributed by atoms with E-state index in [9.17, 15) is 14.4 Å². The summed E-state index contributed by atoms with van der Waals surface area (Å²) in [5, 5.41) is 3.47. The van der Waals surface area contributed by atoms with Gasteiger partial charge in [-0.05, 0) is 68.0 Å². The number of nitrogens with zero attached hydrogens (tertiary/aromatic N) is 2. The highest BCUT2D eigenvalue weighted by molar-refractivity contribution is 6.43. The molecule has 0 radical (unpaired) electrons. The lowest BCUT2D eigenvalue weighted by Crippen LogP contribution is -2.54. The van der Waals surface area contributed by atoms with Crippen molar-refractivity contribution in [1.82, 2.24) is 9.88 Å². The lowest BCUT2D eigenvalue weighted by Gasteiger charge is -2.26. The first-order valence-corrected chi connectivity index (χ1v) is 10.6. The summed E-state index contributed by atoms with van der Waals surface area (Å²) in [6.45, 7) is 3.71. The van der Waals surface area contributed by atoms with Crippen LogP contribution in [0.15, 0.2) is 54.1 Å². The monoisotopic (exact) mass is 487 g/mol. The molecule has 1 aliphatic heterocycles. The van der Waals surface area contributed by atoms with Gasteiger partial charge in [-0.25, -0.2) is 9.69 Å². The standard InChI is InChI=1S/C23H16Cl3N3O3/c1-12-10-14(13(2)28(12)19-5-3-4-18(25)20(19)26)11-17-21(30)27-23(32)29(22(17)31)16-8-6-15(24)7-9-16/h3-11H,1-2H3,(H,27,30,32)/b17-11+. The number of benzene rings is 2. The zero-order valence-electron chi connectivity index (χ0n) is 16.9. The highest BCUT2D eigenvalue weighted by Gasteiger charge is 2.37. The average molecular weight is 489 g/mol. The smallest absolute Gasteiger partial charge is 0.316 e. The molecule has 1 saturated heterocycles. The molecule has 162 valence electrons. The zero-order chi connectivity index (χ0) is 23.2. The number of carbonyl (C=O) groups excluding carboxylic acids is 3. The van der Waals surface area contributed by atoms with Crippen LogP contribution < -0.4 is 10.2 Å². The van der Waals surface area contributed by atoms with Crippen LogP contribution >= 0.6 is 34.8 Å². The van der Waals surface area contributed by atoms with Crippen LogP contribution in [0.2, 0.25) is 15.1 Å². The minimum atomic E-state index is -0.823. The third-order valence-electron chi connectivity index (χ3n) is 5.13. The number of imide groups is 2. The van der Waals surface area contributed by atoms with Crippen molar-refractivity contribution >= 4 is 64.4 Å². The van der Waals surface area contributed by atoms with Gasteiger partial charge in [0.2, 0.25) is 0 Å². The first-order valence-electron chi connectivity index (χ1n) is 9.49. The molecular weight excluding hydrogens is 473 g/mol. The van der Waals surface area contributed by atoms with Gasteiger partial charge in [0.15, 0.2) is 0 Å². The van der Waals surface area contributed by atoms with Gasteiger partial charge < -0.3 is 4.57 Å². The Balaban J connectivity index is 1.78. The Hall–Kier alpha value is -3.06. The lowest BCUT2D eigenvalue weighted by atomic mass is 10.1. The van der Waals surface area contributed by atoms with E-state index in [-0.39, 0.29) is 5.57 Å². The van der Waals surface area contributed by atoms with Gasteiger partial charge >= 0.3 is 6.03 Å². The molecule has 1 fully saturated rings. The predicted octanol–water partition coefficient (Wildman–Crippen LogP) is 5.72. The van der Waals surface area contributed by atoms with Crippen molar-refractivity contribution in [2.45, 2.75) is 13.8 Å². The fourth-order valence-electron chi connectivity index (χ4n) is 3.61. The molecule has 1 N–H and O–H groups in total. The summed E-state index contributed by atoms with van der Waals surface area (Å²) in [7, 11) is 0. The largest absolute Gasteiger partial charge is 0.335 e. The topological polar surface area (TPSA) is 71.4 Å². The number of hydrogen-bond acceptors (Lipinski definition) is 3. The maximum atomic E-state index is 13.1. The summed E-state index contributed by atoms with van der Waals surface area (Å²) < 4.78 is 1.88. The average Bonchev–Trinajstić information content (AvgIpc) is 3.01. The number of halogens is 3. The lowest BCUT2D eigenvalue weighted by molar-refractivity contribution is -0.122. The summed E-state index contributed by atoms with van der Waals surface area (Å²) in [5.41, 5.74) is 3.00. The quantitative estimate of drug-likeness (QED) is 0.378. The SMILES string of the molecule is Cc1cc(/C=C2\C(=O)NC(=O)N(c3ccc(Cl)cc3)C2=O)c(C)n1-c1cccc(Cl)c1Cl. The Morgan fingerprint density at radius 3 is 2.31 bits per heavy atom. The summed E-state index contributed by atoms with van der Waals surface area (Å²) in [5.74, 6) is -1.50. The Kier molecular flexibility index (Phi) is 5.86. The van der Waals surface area contributed by atoms with Crippen LogP contribution in [0.5, 0.6) is 0 Å². The zero-order valence-corrected chi connectivity index (χ0v) is 19.2. The molecule has 3 aromatic rings. The van der Waals surface area contributed by atoms with Crippen LogP contribution in [0, 0.1) is 13.8 Å². The summed E-state index contributed by atoms with van der Waals surface area (Å²) in [6, 6.07) is 12.5. The minimum Gasteiger partial charge on any atom is -0.316 e. The number of amides is 4. The second-order valence-electron chi connectivity index (χ2n) is 7.17. The van der Waals surface area contributed by atoms with Gasteiger partial charge in [-0.2, -0.15) is 0 Å². The molecule has 0 spiro atoms. The first kappa shape index (κ1) is 22.1. The van der Waals surface area contributed by atoms with E-state index in [4.69, 9.17) is 34.8 Å². The van der Waals surface area contributed by atoms with Crippen LogP contribution in [0.1, 0.15) is 17.0 Å². The van der Waals surface area contributed by atoms with Gasteiger partial charge in [-0.3, -0.25) is 14.9 Å². The number of nitrogens with one attached hydrogen (secondary N) is 1. The molecule has 0 bridgehead atoms. The Morgan fingerprint density at radius 2 is 1.62 bits per heavy atom. The van der Waals surface area contributed by atoms with Crippen LogP contribution in [-0.2, 0) is 9.59 Å². The van der Waals surface area contributed by atoms with Crippen LogP contribution in [0.3, 0.4) is 0 Å². The Morgan fingerprint density at radius 1 is 0.938 bits per heavy atom. The minimum absolute atomic E-state index is 0.169. The molecule has 1 aromatic heterocycles. The van der Waals surface area contributed by atoms with Gasteiger partial charge in [0.1, 0.15) is 5.57 Å². The molecule has 0 saturated carbocycles. The highest BCUT2D eigenvalue weighted by Crippen LogP contribution is 2.32. The molecule has 2 heterocycles. The van der Waals surface area contributed by atoms with Gasteiger partial charge in [0.05, 0.1) is 21.4 Å². The molecule has 2 aromatic carbocycles. The molecule has 0 aliphatic carbocycles. The second kappa shape index (κ2) is 8.47. The predicted molar refractivity (Wildman–Crippen MR) is 126 cm³/mol. The number of anilines is 1. The van der Waals surface area contributed by atoms with E-state index in [0.717, 1.165) is 16.3 Å². The van der Waals surface area contributed by atoms with Crippen molar-refractivity contribution in [3.05, 3.63) is 86.1 Å². The second-order valence-corrected chi connectivity index (χ2v) is 8.39. The third-order valence-corrected chi connectivity index (χ3v) is 6.19.